The van der Waals surface area contributed by atoms with Crippen molar-refractivity contribution in [1.29, 1.82) is 0 Å². The topological polar surface area (TPSA) is 157 Å². The number of aliphatic carboxylic acids is 1. The Morgan fingerprint density at radius 2 is 1.62 bits per heavy atom. The smallest absolute Gasteiger partial charge is 0.328 e. The predicted octanol–water partition coefficient (Wildman–Crippen LogP) is 5.69. The highest BCUT2D eigenvalue weighted by Gasteiger charge is 2.55. The molecule has 1 aliphatic heterocycles. The minimum atomic E-state index is -1.28. The van der Waals surface area contributed by atoms with Gasteiger partial charge >= 0.3 is 18.0 Å². The monoisotopic (exact) mass is 655 g/mol. The molecule has 0 bridgehead atoms. The number of carboxylic acid groups (broad SMARTS) is 1. The predicted molar refractivity (Wildman–Crippen MR) is 179 cm³/mol. The number of hydrogen-bond acceptors (Lipinski definition) is 6. The number of methoxy groups -OCH3 is 1. The van der Waals surface area contributed by atoms with Crippen LogP contribution in [0.25, 0.3) is 0 Å². The Hall–Kier alpha value is -5.39. The summed E-state index contributed by atoms with van der Waals surface area (Å²) in [5.41, 5.74) is 1.95. The van der Waals surface area contributed by atoms with Crippen LogP contribution in [-0.2, 0) is 20.9 Å². The van der Waals surface area contributed by atoms with Gasteiger partial charge in [0.2, 0.25) is 5.91 Å². The maximum absolute atomic E-state index is 14.0. The van der Waals surface area contributed by atoms with Crippen molar-refractivity contribution in [2.24, 2.45) is 5.92 Å². The molecule has 0 spiro atoms. The first-order valence-electron chi connectivity index (χ1n) is 15.9. The van der Waals surface area contributed by atoms with E-state index in [9.17, 15) is 29.1 Å². The van der Waals surface area contributed by atoms with Gasteiger partial charge in [-0.2, -0.15) is 0 Å². The first-order valence-corrected chi connectivity index (χ1v) is 15.9. The van der Waals surface area contributed by atoms with Crippen molar-refractivity contribution in [3.8, 4) is 5.75 Å². The minimum Gasteiger partial charge on any atom is -0.495 e. The van der Waals surface area contributed by atoms with Gasteiger partial charge in [0.15, 0.2) is 0 Å². The van der Waals surface area contributed by atoms with E-state index in [0.29, 0.717) is 34.7 Å². The van der Waals surface area contributed by atoms with Crippen molar-refractivity contribution in [3.63, 3.8) is 0 Å². The number of nitrogens with zero attached hydrogens (tertiary/aromatic N) is 2. The number of rotatable bonds is 13. The molecule has 1 saturated heterocycles. The van der Waals surface area contributed by atoms with Crippen molar-refractivity contribution in [2.45, 2.75) is 70.6 Å². The lowest BCUT2D eigenvalue weighted by molar-refractivity contribution is -0.140. The molecule has 2 fully saturated rings. The summed E-state index contributed by atoms with van der Waals surface area (Å²) in [4.78, 5) is 68.7. The van der Waals surface area contributed by atoms with E-state index >= 15 is 0 Å². The molecule has 5 rings (SSSR count). The third kappa shape index (κ3) is 7.59. The average Bonchev–Trinajstić information content (AvgIpc) is 3.86. The second-order valence-electron chi connectivity index (χ2n) is 12.8. The zero-order valence-electron chi connectivity index (χ0n) is 27.5. The Balaban J connectivity index is 1.34. The quantitative estimate of drug-likeness (QED) is 0.172. The van der Waals surface area contributed by atoms with Crippen molar-refractivity contribution in [1.82, 2.24) is 15.1 Å². The number of carbonyl (C=O) groups is 5. The Kier molecular flexibility index (Phi) is 10.0. The zero-order chi connectivity index (χ0) is 34.6. The van der Waals surface area contributed by atoms with E-state index in [1.165, 1.54) is 12.0 Å². The molecule has 2 atom stereocenters. The SMILES string of the molecule is COc1cc(CN2C(=O)N([C@@H](CC3CC3)C(=O)N[C@@H](CC(=O)O)c3ccccc3)C(=O)C2(C)C)ccc1NC(=O)Nc1ccccc1C. The van der Waals surface area contributed by atoms with Crippen LogP contribution >= 0.6 is 0 Å². The summed E-state index contributed by atoms with van der Waals surface area (Å²) in [5, 5.41) is 18.0. The van der Waals surface area contributed by atoms with E-state index < -0.39 is 47.5 Å². The van der Waals surface area contributed by atoms with Gasteiger partial charge in [-0.15, -0.1) is 0 Å². The molecule has 252 valence electrons. The van der Waals surface area contributed by atoms with Crippen molar-refractivity contribution in [3.05, 3.63) is 89.5 Å². The first-order chi connectivity index (χ1) is 22.9. The molecule has 12 heteroatoms. The number of imide groups is 1. The fraction of sp³-hybridized carbons (Fsp3) is 0.361. The fourth-order valence-electron chi connectivity index (χ4n) is 5.89. The molecule has 0 unspecified atom stereocenters. The van der Waals surface area contributed by atoms with E-state index in [-0.39, 0.29) is 18.9 Å². The normalized spacial score (nSPS) is 16.7. The molecule has 2 aliphatic rings. The number of ether oxygens (including phenoxy) is 1. The summed E-state index contributed by atoms with van der Waals surface area (Å²) >= 11 is 0. The van der Waals surface area contributed by atoms with Crippen LogP contribution in [0.1, 0.15) is 62.3 Å². The number of amides is 6. The summed E-state index contributed by atoms with van der Waals surface area (Å²) < 4.78 is 5.55. The van der Waals surface area contributed by atoms with E-state index in [1.807, 2.05) is 25.1 Å². The number of carbonyl (C=O) groups excluding carboxylic acids is 4. The highest BCUT2D eigenvalue weighted by atomic mass is 16.5. The van der Waals surface area contributed by atoms with Crippen LogP contribution in [0.15, 0.2) is 72.8 Å². The van der Waals surface area contributed by atoms with Crippen LogP contribution in [-0.4, -0.2) is 63.4 Å². The average molecular weight is 656 g/mol. The van der Waals surface area contributed by atoms with Gasteiger partial charge in [0.25, 0.3) is 5.91 Å². The second kappa shape index (κ2) is 14.2. The van der Waals surface area contributed by atoms with Gasteiger partial charge in [0.1, 0.15) is 17.3 Å². The Morgan fingerprint density at radius 1 is 0.958 bits per heavy atom. The van der Waals surface area contributed by atoms with Crippen molar-refractivity contribution < 1.29 is 33.8 Å². The standard InChI is InChI=1S/C36H41N5O7/c1-22-10-8-9-13-26(22)38-34(46)39-27-17-16-24(19-30(27)48-4)21-40-35(47)41(33(45)36(40,2)3)29(18-23-14-15-23)32(44)37-28(20-31(42)43)25-11-6-5-7-12-25/h5-13,16-17,19,23,28-29H,14-15,18,20-21H2,1-4H3,(H,37,44)(H,42,43)(H2,38,39,46)/t28-,29-/m0/s1. The third-order valence-electron chi connectivity index (χ3n) is 8.87. The van der Waals surface area contributed by atoms with E-state index in [0.717, 1.165) is 23.3 Å². The van der Waals surface area contributed by atoms with Gasteiger partial charge in [0.05, 0.1) is 25.3 Å². The molecule has 1 saturated carbocycles. The minimum absolute atomic E-state index is 0.0313. The lowest BCUT2D eigenvalue weighted by Gasteiger charge is -2.28. The maximum Gasteiger partial charge on any atom is 0.328 e. The van der Waals surface area contributed by atoms with Gasteiger partial charge in [-0.05, 0) is 68.0 Å². The highest BCUT2D eigenvalue weighted by molar-refractivity contribution is 6.09. The van der Waals surface area contributed by atoms with Crippen LogP contribution in [0.3, 0.4) is 0 Å². The molecule has 1 aliphatic carbocycles. The summed E-state index contributed by atoms with van der Waals surface area (Å²) in [6.07, 6.45) is 1.70. The van der Waals surface area contributed by atoms with Crippen LogP contribution in [0, 0.1) is 12.8 Å². The molecule has 0 aromatic heterocycles. The molecule has 4 N–H and O–H groups in total. The van der Waals surface area contributed by atoms with Crippen LogP contribution in [0.5, 0.6) is 5.75 Å². The Labute approximate surface area is 279 Å². The van der Waals surface area contributed by atoms with Gasteiger partial charge in [0, 0.05) is 12.2 Å². The third-order valence-corrected chi connectivity index (χ3v) is 8.87. The number of hydrogen-bond donors (Lipinski definition) is 4. The summed E-state index contributed by atoms with van der Waals surface area (Å²) in [6.45, 7) is 5.20. The Morgan fingerprint density at radius 3 is 2.27 bits per heavy atom. The molecule has 12 nitrogen and oxygen atoms in total. The van der Waals surface area contributed by atoms with Gasteiger partial charge < -0.3 is 30.7 Å². The molecular weight excluding hydrogens is 614 g/mol. The highest BCUT2D eigenvalue weighted by Crippen LogP contribution is 2.39. The molecule has 48 heavy (non-hydrogen) atoms. The number of carboxylic acids is 1. The van der Waals surface area contributed by atoms with E-state index in [1.54, 1.807) is 68.4 Å². The largest absolute Gasteiger partial charge is 0.495 e. The lowest BCUT2D eigenvalue weighted by atomic mass is 10.00. The molecule has 0 radical (unpaired) electrons. The number of urea groups is 2. The molecular formula is C36H41N5O7. The first kappa shape index (κ1) is 34.0. The van der Waals surface area contributed by atoms with Crippen LogP contribution < -0.4 is 20.7 Å². The fourth-order valence-corrected chi connectivity index (χ4v) is 5.89. The molecule has 1 heterocycles. The van der Waals surface area contributed by atoms with Crippen LogP contribution in [0.2, 0.25) is 0 Å². The van der Waals surface area contributed by atoms with Gasteiger partial charge in [-0.25, -0.2) is 14.5 Å². The molecule has 6 amide bonds. The van der Waals surface area contributed by atoms with Gasteiger partial charge in [-0.1, -0.05) is 67.4 Å². The maximum atomic E-state index is 14.0. The number of aryl methyl sites for hydroxylation is 1. The zero-order valence-corrected chi connectivity index (χ0v) is 27.5. The summed E-state index contributed by atoms with van der Waals surface area (Å²) in [5.74, 6) is -1.64. The van der Waals surface area contributed by atoms with Gasteiger partial charge in [-0.3, -0.25) is 14.4 Å². The number of benzene rings is 3. The number of anilines is 2. The lowest BCUT2D eigenvalue weighted by Crippen LogP contribution is -2.51. The second-order valence-corrected chi connectivity index (χ2v) is 12.8. The van der Waals surface area contributed by atoms with E-state index in [4.69, 9.17) is 4.74 Å². The van der Waals surface area contributed by atoms with Crippen molar-refractivity contribution in [2.75, 3.05) is 17.7 Å². The number of para-hydroxylation sites is 1. The Bertz CT molecular complexity index is 1710. The molecule has 3 aromatic rings. The molecule has 3 aromatic carbocycles. The van der Waals surface area contributed by atoms with Crippen molar-refractivity contribution >= 4 is 41.2 Å². The van der Waals surface area contributed by atoms with Crippen LogP contribution in [0.4, 0.5) is 21.0 Å². The summed E-state index contributed by atoms with van der Waals surface area (Å²) in [6, 6.07) is 18.2. The number of nitrogens with one attached hydrogen (secondary N) is 3. The van der Waals surface area contributed by atoms with E-state index in [2.05, 4.69) is 16.0 Å². The summed E-state index contributed by atoms with van der Waals surface area (Å²) in [7, 11) is 1.47.